The molecule has 0 unspecified atom stereocenters. The van der Waals surface area contributed by atoms with Crippen LogP contribution < -0.4 is 15.4 Å². The first kappa shape index (κ1) is 21.0. The summed E-state index contributed by atoms with van der Waals surface area (Å²) in [6.45, 7) is 4.14. The summed E-state index contributed by atoms with van der Waals surface area (Å²) in [4.78, 5) is 36.8. The predicted octanol–water partition coefficient (Wildman–Crippen LogP) is 3.54. The summed E-state index contributed by atoms with van der Waals surface area (Å²) in [5, 5.41) is 4.98. The van der Waals surface area contributed by atoms with Crippen LogP contribution in [0, 0.1) is 6.92 Å². The number of aryl methyl sites for hydroxylation is 1. The summed E-state index contributed by atoms with van der Waals surface area (Å²) in [7, 11) is 1.47. The average Bonchev–Trinajstić information content (AvgIpc) is 2.68. The SMILES string of the molecule is CCCCOC(=O)c1ccccc1NC(=O)C(=O)Nc1cc(C)ccc1OC. The maximum Gasteiger partial charge on any atom is 0.340 e. The van der Waals surface area contributed by atoms with E-state index in [1.54, 1.807) is 24.3 Å². The first-order chi connectivity index (χ1) is 13.5. The van der Waals surface area contributed by atoms with Crippen molar-refractivity contribution in [3.05, 3.63) is 53.6 Å². The summed E-state index contributed by atoms with van der Waals surface area (Å²) in [5.41, 5.74) is 1.68. The molecule has 2 N–H and O–H groups in total. The van der Waals surface area contributed by atoms with E-state index >= 15 is 0 Å². The summed E-state index contributed by atoms with van der Waals surface area (Å²) in [6.07, 6.45) is 1.65. The third-order valence-corrected chi connectivity index (χ3v) is 3.94. The van der Waals surface area contributed by atoms with Crippen molar-refractivity contribution in [3.63, 3.8) is 0 Å². The molecule has 7 heteroatoms. The topological polar surface area (TPSA) is 93.7 Å². The zero-order valence-corrected chi connectivity index (χ0v) is 16.2. The van der Waals surface area contributed by atoms with Crippen LogP contribution >= 0.6 is 0 Å². The summed E-state index contributed by atoms with van der Waals surface area (Å²) in [6, 6.07) is 11.6. The number of carbonyl (C=O) groups is 3. The predicted molar refractivity (Wildman–Crippen MR) is 107 cm³/mol. The average molecular weight is 384 g/mol. The molecule has 2 aromatic rings. The molecule has 0 aliphatic heterocycles. The zero-order valence-electron chi connectivity index (χ0n) is 16.2. The molecule has 148 valence electrons. The Morgan fingerprint density at radius 1 is 0.964 bits per heavy atom. The van der Waals surface area contributed by atoms with Crippen LogP contribution in [0.25, 0.3) is 0 Å². The van der Waals surface area contributed by atoms with Crippen molar-refractivity contribution in [3.8, 4) is 5.75 Å². The molecule has 0 heterocycles. The number of amides is 2. The van der Waals surface area contributed by atoms with E-state index in [1.807, 2.05) is 19.9 Å². The highest BCUT2D eigenvalue weighted by atomic mass is 16.5. The van der Waals surface area contributed by atoms with Gasteiger partial charge in [-0.15, -0.1) is 0 Å². The standard InChI is InChI=1S/C21H24N2O5/c1-4-5-12-28-21(26)15-8-6-7-9-16(15)22-19(24)20(25)23-17-13-14(2)10-11-18(17)27-3/h6-11,13H,4-5,12H2,1-3H3,(H,22,24)(H,23,25). The third-order valence-electron chi connectivity index (χ3n) is 3.94. The van der Waals surface area contributed by atoms with Gasteiger partial charge in [0, 0.05) is 0 Å². The second kappa shape index (κ2) is 10.1. The van der Waals surface area contributed by atoms with Gasteiger partial charge in [-0.1, -0.05) is 31.5 Å². The highest BCUT2D eigenvalue weighted by Gasteiger charge is 2.20. The Bertz CT molecular complexity index is 864. The second-order valence-electron chi connectivity index (χ2n) is 6.15. The Labute approximate surface area is 164 Å². The molecule has 0 spiro atoms. The fraction of sp³-hybridized carbons (Fsp3) is 0.286. The molecule has 2 aromatic carbocycles. The number of methoxy groups -OCH3 is 1. The first-order valence-corrected chi connectivity index (χ1v) is 8.99. The molecule has 0 aliphatic rings. The molecule has 0 radical (unpaired) electrons. The van der Waals surface area contributed by atoms with Crippen molar-refractivity contribution in [2.24, 2.45) is 0 Å². The lowest BCUT2D eigenvalue weighted by Gasteiger charge is -2.12. The van der Waals surface area contributed by atoms with Gasteiger partial charge in [-0.2, -0.15) is 0 Å². The Kier molecular flexibility index (Phi) is 7.56. The highest BCUT2D eigenvalue weighted by Crippen LogP contribution is 2.25. The van der Waals surface area contributed by atoms with Crippen molar-refractivity contribution in [1.82, 2.24) is 0 Å². The zero-order chi connectivity index (χ0) is 20.5. The lowest BCUT2D eigenvalue weighted by Crippen LogP contribution is -2.30. The Hall–Kier alpha value is -3.35. The van der Waals surface area contributed by atoms with Gasteiger partial charge < -0.3 is 20.1 Å². The van der Waals surface area contributed by atoms with E-state index in [-0.39, 0.29) is 11.3 Å². The molecular weight excluding hydrogens is 360 g/mol. The van der Waals surface area contributed by atoms with Gasteiger partial charge in [0.05, 0.1) is 30.7 Å². The smallest absolute Gasteiger partial charge is 0.340 e. The van der Waals surface area contributed by atoms with Crippen molar-refractivity contribution in [2.45, 2.75) is 26.7 Å². The lowest BCUT2D eigenvalue weighted by atomic mass is 10.1. The lowest BCUT2D eigenvalue weighted by molar-refractivity contribution is -0.133. The van der Waals surface area contributed by atoms with Crippen molar-refractivity contribution < 1.29 is 23.9 Å². The maximum atomic E-state index is 12.3. The molecule has 0 fully saturated rings. The summed E-state index contributed by atoms with van der Waals surface area (Å²) >= 11 is 0. The normalized spacial score (nSPS) is 10.1. The summed E-state index contributed by atoms with van der Waals surface area (Å²) < 4.78 is 10.4. The van der Waals surface area contributed by atoms with E-state index in [4.69, 9.17) is 9.47 Å². The van der Waals surface area contributed by atoms with Crippen LogP contribution in [-0.2, 0) is 14.3 Å². The molecule has 0 saturated carbocycles. The van der Waals surface area contributed by atoms with Crippen LogP contribution in [0.1, 0.15) is 35.7 Å². The minimum atomic E-state index is -0.905. The van der Waals surface area contributed by atoms with Crippen LogP contribution in [0.15, 0.2) is 42.5 Å². The molecule has 7 nitrogen and oxygen atoms in total. The number of unbranched alkanes of at least 4 members (excludes halogenated alkanes) is 1. The molecule has 0 bridgehead atoms. The number of esters is 1. The van der Waals surface area contributed by atoms with Crippen LogP contribution in [0.2, 0.25) is 0 Å². The molecule has 0 saturated heterocycles. The molecule has 28 heavy (non-hydrogen) atoms. The Morgan fingerprint density at radius 3 is 2.32 bits per heavy atom. The summed E-state index contributed by atoms with van der Waals surface area (Å²) in [5.74, 6) is -1.90. The van der Waals surface area contributed by atoms with Gasteiger partial charge in [0.1, 0.15) is 5.75 Å². The van der Waals surface area contributed by atoms with Gasteiger partial charge in [-0.3, -0.25) is 9.59 Å². The van der Waals surface area contributed by atoms with Crippen LogP contribution in [0.4, 0.5) is 11.4 Å². The Morgan fingerprint density at radius 2 is 1.64 bits per heavy atom. The number of hydrogen-bond acceptors (Lipinski definition) is 5. The van der Waals surface area contributed by atoms with E-state index in [0.717, 1.165) is 18.4 Å². The third kappa shape index (κ3) is 5.57. The van der Waals surface area contributed by atoms with Crippen molar-refractivity contribution >= 4 is 29.2 Å². The molecule has 0 aliphatic carbocycles. The largest absolute Gasteiger partial charge is 0.495 e. The maximum absolute atomic E-state index is 12.3. The monoisotopic (exact) mass is 384 g/mol. The molecular formula is C21H24N2O5. The van der Waals surface area contributed by atoms with Gasteiger partial charge >= 0.3 is 17.8 Å². The van der Waals surface area contributed by atoms with Crippen LogP contribution in [-0.4, -0.2) is 31.5 Å². The van der Waals surface area contributed by atoms with Gasteiger partial charge in [0.2, 0.25) is 0 Å². The van der Waals surface area contributed by atoms with E-state index in [0.29, 0.717) is 18.0 Å². The number of ether oxygens (including phenoxy) is 2. The molecule has 0 aromatic heterocycles. The number of para-hydroxylation sites is 1. The van der Waals surface area contributed by atoms with E-state index in [1.165, 1.54) is 19.2 Å². The van der Waals surface area contributed by atoms with E-state index in [9.17, 15) is 14.4 Å². The number of rotatable bonds is 7. The van der Waals surface area contributed by atoms with E-state index < -0.39 is 17.8 Å². The number of nitrogens with one attached hydrogen (secondary N) is 2. The van der Waals surface area contributed by atoms with Gasteiger partial charge in [0.15, 0.2) is 0 Å². The molecule has 2 amide bonds. The van der Waals surface area contributed by atoms with Crippen molar-refractivity contribution in [1.29, 1.82) is 0 Å². The fourth-order valence-corrected chi connectivity index (χ4v) is 2.43. The van der Waals surface area contributed by atoms with Crippen molar-refractivity contribution in [2.75, 3.05) is 24.4 Å². The molecule has 0 atom stereocenters. The van der Waals surface area contributed by atoms with Gasteiger partial charge in [0.25, 0.3) is 0 Å². The minimum Gasteiger partial charge on any atom is -0.495 e. The number of benzene rings is 2. The van der Waals surface area contributed by atoms with Gasteiger partial charge in [-0.25, -0.2) is 4.79 Å². The van der Waals surface area contributed by atoms with E-state index in [2.05, 4.69) is 10.6 Å². The van der Waals surface area contributed by atoms with Crippen LogP contribution in [0.5, 0.6) is 5.75 Å². The minimum absolute atomic E-state index is 0.188. The molecule has 2 rings (SSSR count). The quantitative estimate of drug-likeness (QED) is 0.433. The van der Waals surface area contributed by atoms with Gasteiger partial charge in [-0.05, 0) is 43.2 Å². The van der Waals surface area contributed by atoms with Crippen LogP contribution in [0.3, 0.4) is 0 Å². The first-order valence-electron chi connectivity index (χ1n) is 8.99. The number of hydrogen-bond donors (Lipinski definition) is 2. The number of carbonyl (C=O) groups excluding carboxylic acids is 3. The highest BCUT2D eigenvalue weighted by molar-refractivity contribution is 6.44. The second-order valence-corrected chi connectivity index (χ2v) is 6.15. The number of anilines is 2. The fourth-order valence-electron chi connectivity index (χ4n) is 2.43. The Balaban J connectivity index is 2.09.